The monoisotopic (exact) mass is 721 g/mol. The largest absolute Gasteiger partial charge is 0.508 e. The number of carboxylic acids is 1. The summed E-state index contributed by atoms with van der Waals surface area (Å²) in [5.41, 5.74) is 3.79. The van der Waals surface area contributed by atoms with Gasteiger partial charge in [0.1, 0.15) is 41.9 Å². The molecule has 4 aromatic rings. The second-order valence-corrected chi connectivity index (χ2v) is 14.4. The van der Waals surface area contributed by atoms with Crippen molar-refractivity contribution in [3.8, 4) is 45.6 Å². The lowest BCUT2D eigenvalue weighted by molar-refractivity contribution is -0.356. The molecule has 8 bridgehead atoms. The van der Waals surface area contributed by atoms with E-state index >= 15 is 0 Å². The highest BCUT2D eigenvalue weighted by Gasteiger charge is 2.70. The van der Waals surface area contributed by atoms with E-state index in [1.807, 2.05) is 24.3 Å². The average Bonchev–Trinajstić information content (AvgIpc) is 3.55. The molecule has 4 aromatic carbocycles. The van der Waals surface area contributed by atoms with Crippen molar-refractivity contribution in [2.75, 3.05) is 19.5 Å². The molecule has 11 rings (SSSR count). The van der Waals surface area contributed by atoms with Crippen molar-refractivity contribution in [3.63, 3.8) is 0 Å². The SMILES string of the molecule is COc1ccc2c(c1OC)O[C@H]1c3c4cc5c(c3O[C@@H](Cc3cccc(c3)Cc3ccc(O)cc3-4)[C@@H]21)N[C@@H]1C=C[C@]2(C(=O)O)O[C@@]1(O5)[C@H](O)[C@@H](O)[C@@H]2O. The molecule has 0 unspecified atom stereocenters. The number of methoxy groups -OCH3 is 2. The molecule has 0 saturated carbocycles. The van der Waals surface area contributed by atoms with Gasteiger partial charge in [0.2, 0.25) is 11.4 Å². The van der Waals surface area contributed by atoms with Gasteiger partial charge in [-0.25, -0.2) is 4.79 Å². The van der Waals surface area contributed by atoms with E-state index in [0.717, 1.165) is 28.3 Å². The summed E-state index contributed by atoms with van der Waals surface area (Å²) in [5, 5.41) is 57.9. The number of aliphatic hydroxyl groups excluding tert-OH is 3. The van der Waals surface area contributed by atoms with Crippen molar-refractivity contribution >= 4 is 11.7 Å². The number of benzene rings is 4. The first-order valence-electron chi connectivity index (χ1n) is 17.4. The van der Waals surface area contributed by atoms with Crippen molar-refractivity contribution in [3.05, 3.63) is 101 Å². The molecule has 9 atom stereocenters. The molecule has 7 aliphatic rings. The Morgan fingerprint density at radius 1 is 0.925 bits per heavy atom. The number of phenols is 1. The van der Waals surface area contributed by atoms with Crippen LogP contribution in [0.1, 0.15) is 39.8 Å². The quantitative estimate of drug-likeness (QED) is 0.169. The van der Waals surface area contributed by atoms with Gasteiger partial charge in [-0.05, 0) is 64.6 Å². The Bertz CT molecular complexity index is 2270. The third kappa shape index (κ3) is 4.24. The first kappa shape index (κ1) is 32.2. The average molecular weight is 722 g/mol. The van der Waals surface area contributed by atoms with Crippen LogP contribution in [0.15, 0.2) is 72.8 Å². The number of nitrogens with one attached hydrogen (secondary N) is 1. The Hall–Kier alpha value is -5.47. The van der Waals surface area contributed by atoms with Crippen LogP contribution in [0.2, 0.25) is 0 Å². The molecule has 6 N–H and O–H groups in total. The number of aromatic hydroxyl groups is 1. The molecule has 272 valence electrons. The Balaban J connectivity index is 1.25. The third-order valence-corrected chi connectivity index (χ3v) is 11.6. The number of hydrogen-bond acceptors (Lipinski definition) is 12. The molecule has 13 nitrogen and oxygen atoms in total. The molecular weight excluding hydrogens is 686 g/mol. The van der Waals surface area contributed by atoms with Crippen LogP contribution in [-0.4, -0.2) is 87.6 Å². The lowest BCUT2D eigenvalue weighted by Gasteiger charge is -2.57. The van der Waals surface area contributed by atoms with Crippen molar-refractivity contribution in [2.45, 2.75) is 66.7 Å². The van der Waals surface area contributed by atoms with Crippen LogP contribution in [0.25, 0.3) is 11.1 Å². The van der Waals surface area contributed by atoms with Gasteiger partial charge in [0.05, 0.1) is 20.1 Å². The molecule has 0 radical (unpaired) electrons. The summed E-state index contributed by atoms with van der Waals surface area (Å²) in [6.07, 6.45) is -3.23. The molecule has 1 fully saturated rings. The standard InChI is InChI=1S/C40H35NO12/c1-48-24-9-8-21-28-25-14-18-5-3-4-17(12-18)13-19-6-7-20(42)15-22(19)23-16-26-30(35(50-25)29(23)34(28)51-32(21)33(24)49-2)41-27-10-11-39(38(46)47)36(44)31(43)37(45)40(27,52-26)53-39/h3-12,15-16,25,27-28,31,34,36-37,41-45H,13-14H2,1-2H3,(H,46,47)/t25-,27+,28+,31-,34+,36-,37+,39-,40+/m0/s1. The van der Waals surface area contributed by atoms with E-state index in [9.17, 15) is 30.3 Å². The zero-order valence-corrected chi connectivity index (χ0v) is 28.5. The van der Waals surface area contributed by atoms with E-state index in [-0.39, 0.29) is 17.4 Å². The third-order valence-electron chi connectivity index (χ3n) is 11.6. The van der Waals surface area contributed by atoms with Crippen molar-refractivity contribution in [2.24, 2.45) is 0 Å². The summed E-state index contributed by atoms with van der Waals surface area (Å²) < 4.78 is 38.2. The van der Waals surface area contributed by atoms with E-state index < -0.39 is 53.9 Å². The molecule has 1 spiro atoms. The van der Waals surface area contributed by atoms with Crippen LogP contribution >= 0.6 is 0 Å². The lowest BCUT2D eigenvalue weighted by atomic mass is 9.75. The summed E-state index contributed by atoms with van der Waals surface area (Å²) in [6, 6.07) is 18.0. The maximum atomic E-state index is 12.6. The fourth-order valence-corrected chi connectivity index (χ4v) is 9.14. The normalized spacial score (nSPS) is 32.0. The van der Waals surface area contributed by atoms with Crippen molar-refractivity contribution < 1.29 is 58.7 Å². The molecule has 13 heteroatoms. The van der Waals surface area contributed by atoms with E-state index in [2.05, 4.69) is 23.5 Å². The summed E-state index contributed by atoms with van der Waals surface area (Å²) in [4.78, 5) is 12.6. The Kier molecular flexibility index (Phi) is 6.70. The maximum Gasteiger partial charge on any atom is 0.343 e. The molecule has 53 heavy (non-hydrogen) atoms. The number of fused-ring (bicyclic) bond motifs is 3. The number of hydrogen-bond donors (Lipinski definition) is 6. The van der Waals surface area contributed by atoms with Crippen molar-refractivity contribution in [1.82, 2.24) is 0 Å². The summed E-state index contributed by atoms with van der Waals surface area (Å²) >= 11 is 0. The van der Waals surface area contributed by atoms with Gasteiger partial charge in [-0.2, -0.15) is 0 Å². The minimum Gasteiger partial charge on any atom is -0.508 e. The topological polar surface area (TPSA) is 186 Å². The number of ether oxygens (including phenoxy) is 6. The van der Waals surface area contributed by atoms with E-state index in [4.69, 9.17) is 28.4 Å². The number of anilines is 1. The summed E-state index contributed by atoms with van der Waals surface area (Å²) in [6.45, 7) is 0. The second-order valence-electron chi connectivity index (χ2n) is 14.4. The predicted molar refractivity (Wildman–Crippen MR) is 186 cm³/mol. The van der Waals surface area contributed by atoms with Crippen LogP contribution in [0.3, 0.4) is 0 Å². The van der Waals surface area contributed by atoms with E-state index in [1.165, 1.54) is 6.08 Å². The molecule has 0 aromatic heterocycles. The number of aliphatic hydroxyl groups is 3. The number of phenolic OH excluding ortho intramolecular Hbond substituents is 1. The molecular formula is C40H35NO12. The van der Waals surface area contributed by atoms with Gasteiger partial charge in [0.15, 0.2) is 29.1 Å². The Labute approximate surface area is 302 Å². The van der Waals surface area contributed by atoms with Gasteiger partial charge >= 0.3 is 5.97 Å². The first-order chi connectivity index (χ1) is 25.6. The lowest BCUT2D eigenvalue weighted by Crippen LogP contribution is -2.79. The molecule has 0 amide bonds. The van der Waals surface area contributed by atoms with Crippen LogP contribution in [0, 0.1) is 0 Å². The minimum atomic E-state index is -2.40. The minimum absolute atomic E-state index is 0.0220. The van der Waals surface area contributed by atoms with E-state index in [0.29, 0.717) is 58.2 Å². The highest BCUT2D eigenvalue weighted by Crippen LogP contribution is 2.64. The number of rotatable bonds is 3. The van der Waals surface area contributed by atoms with Gasteiger partial charge in [-0.1, -0.05) is 42.5 Å². The zero-order chi connectivity index (χ0) is 36.6. The predicted octanol–water partition coefficient (Wildman–Crippen LogP) is 3.58. The van der Waals surface area contributed by atoms with Gasteiger partial charge in [-0.15, -0.1) is 0 Å². The highest BCUT2D eigenvalue weighted by atomic mass is 16.7. The van der Waals surface area contributed by atoms with Gasteiger partial charge in [-0.3, -0.25) is 0 Å². The number of carbonyl (C=O) groups is 1. The van der Waals surface area contributed by atoms with Gasteiger partial charge in [0, 0.05) is 17.5 Å². The molecule has 1 saturated heterocycles. The maximum absolute atomic E-state index is 12.6. The summed E-state index contributed by atoms with van der Waals surface area (Å²) in [7, 11) is 3.13. The fourth-order valence-electron chi connectivity index (χ4n) is 9.14. The van der Waals surface area contributed by atoms with E-state index in [1.54, 1.807) is 32.4 Å². The molecule has 6 aliphatic heterocycles. The zero-order valence-electron chi connectivity index (χ0n) is 28.5. The summed E-state index contributed by atoms with van der Waals surface area (Å²) in [5.74, 6) is -2.01. The number of carboxylic acid groups (broad SMARTS) is 1. The van der Waals surface area contributed by atoms with Crippen LogP contribution in [-0.2, 0) is 22.4 Å². The fraction of sp³-hybridized carbons (Fsp3) is 0.325. The first-order valence-corrected chi connectivity index (χ1v) is 17.4. The second kappa shape index (κ2) is 11.0. The van der Waals surface area contributed by atoms with Crippen LogP contribution in [0.5, 0.6) is 34.5 Å². The van der Waals surface area contributed by atoms with Crippen LogP contribution < -0.4 is 29.0 Å². The smallest absolute Gasteiger partial charge is 0.343 e. The Morgan fingerprint density at radius 3 is 2.55 bits per heavy atom. The van der Waals surface area contributed by atoms with Gasteiger partial charge in [0.25, 0.3) is 5.79 Å². The Morgan fingerprint density at radius 2 is 1.75 bits per heavy atom. The van der Waals surface area contributed by atoms with Gasteiger partial charge < -0.3 is 59.3 Å². The number of aliphatic carboxylic acids is 1. The molecule has 1 aliphatic carbocycles. The highest BCUT2D eigenvalue weighted by molar-refractivity contribution is 5.87. The van der Waals surface area contributed by atoms with Crippen molar-refractivity contribution in [1.29, 1.82) is 0 Å². The van der Waals surface area contributed by atoms with Crippen LogP contribution in [0.4, 0.5) is 5.69 Å². The molecule has 6 heterocycles.